The Kier molecular flexibility index (Phi) is 3.53. The van der Waals surface area contributed by atoms with Crippen molar-refractivity contribution < 1.29 is 14.3 Å². The van der Waals surface area contributed by atoms with Crippen molar-refractivity contribution >= 4 is 12.1 Å². The molecule has 0 aliphatic carbocycles. The van der Waals surface area contributed by atoms with Crippen molar-refractivity contribution in [3.05, 3.63) is 0 Å². The van der Waals surface area contributed by atoms with E-state index in [4.69, 9.17) is 10.5 Å². The fraction of sp³-hybridized carbons (Fsp3) is 0.714. The van der Waals surface area contributed by atoms with Crippen LogP contribution in [0.1, 0.15) is 20.8 Å². The first-order valence-corrected chi connectivity index (χ1v) is 3.46. The highest BCUT2D eigenvalue weighted by atomic mass is 16.6. The van der Waals surface area contributed by atoms with Gasteiger partial charge in [0.2, 0.25) is 0 Å². The minimum atomic E-state index is -0.748. The van der Waals surface area contributed by atoms with Crippen LogP contribution >= 0.6 is 0 Å². The lowest BCUT2D eigenvalue weighted by Gasteiger charge is -2.17. The van der Waals surface area contributed by atoms with Gasteiger partial charge in [-0.1, -0.05) is 0 Å². The summed E-state index contributed by atoms with van der Waals surface area (Å²) in [7, 11) is 1.32. The average Bonchev–Trinajstić information content (AvgIpc) is 1.82. The largest absolute Gasteiger partial charge is 0.468 e. The van der Waals surface area contributed by atoms with E-state index in [1.54, 1.807) is 20.8 Å². The van der Waals surface area contributed by atoms with Gasteiger partial charge in [0.15, 0.2) is 0 Å². The summed E-state index contributed by atoms with van der Waals surface area (Å²) in [4.78, 5) is 14.2. The van der Waals surface area contributed by atoms with E-state index in [1.807, 2.05) is 0 Å². The van der Waals surface area contributed by atoms with E-state index in [-0.39, 0.29) is 6.02 Å². The molecule has 0 unspecified atom stereocenters. The van der Waals surface area contributed by atoms with Crippen LogP contribution in [0, 0.1) is 0 Å². The monoisotopic (exact) mass is 174 g/mol. The molecule has 5 nitrogen and oxygen atoms in total. The van der Waals surface area contributed by atoms with Crippen molar-refractivity contribution in [2.75, 3.05) is 7.11 Å². The van der Waals surface area contributed by atoms with E-state index in [9.17, 15) is 4.79 Å². The summed E-state index contributed by atoms with van der Waals surface area (Å²) >= 11 is 0. The Morgan fingerprint density at radius 1 is 1.42 bits per heavy atom. The van der Waals surface area contributed by atoms with Crippen molar-refractivity contribution in [2.24, 2.45) is 10.7 Å². The predicted octanol–water partition coefficient (Wildman–Crippen LogP) is 0.883. The van der Waals surface area contributed by atoms with E-state index in [0.717, 1.165) is 0 Å². The third kappa shape index (κ3) is 5.52. The van der Waals surface area contributed by atoms with E-state index < -0.39 is 11.7 Å². The molecule has 0 radical (unpaired) electrons. The first kappa shape index (κ1) is 10.7. The van der Waals surface area contributed by atoms with Crippen LogP contribution in [0.2, 0.25) is 0 Å². The number of amidine groups is 1. The van der Waals surface area contributed by atoms with Gasteiger partial charge in [-0.05, 0) is 20.8 Å². The standard InChI is InChI=1S/C7H14N2O3/c1-7(2,3)12-6(10)9-5(8)11-4/h1-4H3,(H2,8,9,10). The second-order valence-electron chi connectivity index (χ2n) is 3.13. The first-order valence-electron chi connectivity index (χ1n) is 3.46. The van der Waals surface area contributed by atoms with Crippen molar-refractivity contribution in [1.82, 2.24) is 0 Å². The maximum atomic E-state index is 10.9. The third-order valence-electron chi connectivity index (χ3n) is 0.804. The molecule has 1 amide bonds. The van der Waals surface area contributed by atoms with E-state index in [2.05, 4.69) is 9.73 Å². The van der Waals surface area contributed by atoms with E-state index >= 15 is 0 Å². The van der Waals surface area contributed by atoms with Crippen molar-refractivity contribution in [3.8, 4) is 0 Å². The summed E-state index contributed by atoms with van der Waals surface area (Å²) in [5, 5.41) is 0. The van der Waals surface area contributed by atoms with Crippen molar-refractivity contribution in [1.29, 1.82) is 0 Å². The lowest BCUT2D eigenvalue weighted by atomic mass is 10.2. The quantitative estimate of drug-likeness (QED) is 0.437. The highest BCUT2D eigenvalue weighted by Crippen LogP contribution is 2.07. The van der Waals surface area contributed by atoms with Crippen molar-refractivity contribution in [2.45, 2.75) is 26.4 Å². The van der Waals surface area contributed by atoms with Crippen LogP contribution in [0.4, 0.5) is 4.79 Å². The van der Waals surface area contributed by atoms with Crippen LogP contribution in [0.5, 0.6) is 0 Å². The van der Waals surface area contributed by atoms with Gasteiger partial charge in [-0.3, -0.25) is 0 Å². The van der Waals surface area contributed by atoms with Gasteiger partial charge in [-0.15, -0.1) is 4.99 Å². The van der Waals surface area contributed by atoms with Crippen LogP contribution in [0.3, 0.4) is 0 Å². The third-order valence-corrected chi connectivity index (χ3v) is 0.804. The fourth-order valence-corrected chi connectivity index (χ4v) is 0.420. The first-order chi connectivity index (χ1) is 5.35. The summed E-state index contributed by atoms with van der Waals surface area (Å²) in [5.74, 6) is 0. The number of ether oxygens (including phenoxy) is 2. The van der Waals surface area contributed by atoms with Crippen LogP contribution in [-0.2, 0) is 9.47 Å². The molecular formula is C7H14N2O3. The molecule has 2 N–H and O–H groups in total. The minimum Gasteiger partial charge on any atom is -0.468 e. The molecule has 0 fully saturated rings. The predicted molar refractivity (Wildman–Crippen MR) is 44.9 cm³/mol. The summed E-state index contributed by atoms with van der Waals surface area (Å²) in [6.07, 6.45) is -0.748. The topological polar surface area (TPSA) is 73.9 Å². The van der Waals surface area contributed by atoms with E-state index in [1.165, 1.54) is 7.11 Å². The zero-order valence-corrected chi connectivity index (χ0v) is 7.75. The Bertz CT molecular complexity index is 193. The average molecular weight is 174 g/mol. The Balaban J connectivity index is 4.08. The second kappa shape index (κ2) is 3.94. The molecule has 0 spiro atoms. The number of amides is 1. The van der Waals surface area contributed by atoms with Gasteiger partial charge in [0.05, 0.1) is 7.11 Å². The van der Waals surface area contributed by atoms with Gasteiger partial charge >= 0.3 is 6.09 Å². The maximum absolute atomic E-state index is 10.9. The zero-order valence-electron chi connectivity index (χ0n) is 7.75. The number of aliphatic imine (C=N–C) groups is 1. The zero-order chi connectivity index (χ0) is 9.78. The molecule has 0 heterocycles. The van der Waals surface area contributed by atoms with E-state index in [0.29, 0.717) is 0 Å². The molecule has 0 atom stereocenters. The number of nitrogens with zero attached hydrogens (tertiary/aromatic N) is 1. The van der Waals surface area contributed by atoms with Gasteiger partial charge in [0.25, 0.3) is 6.02 Å². The fourth-order valence-electron chi connectivity index (χ4n) is 0.420. The minimum absolute atomic E-state index is 0.204. The molecule has 0 rings (SSSR count). The van der Waals surface area contributed by atoms with Gasteiger partial charge in [0.1, 0.15) is 5.60 Å². The number of nitrogens with two attached hydrogens (primary N) is 1. The smallest absolute Gasteiger partial charge is 0.438 e. The summed E-state index contributed by atoms with van der Waals surface area (Å²) in [6.45, 7) is 5.22. The lowest BCUT2D eigenvalue weighted by Crippen LogP contribution is -2.24. The summed E-state index contributed by atoms with van der Waals surface area (Å²) in [5.41, 5.74) is 4.56. The Hall–Kier alpha value is -1.26. The van der Waals surface area contributed by atoms with Crippen LogP contribution in [0.25, 0.3) is 0 Å². The SMILES string of the molecule is COC(N)=NC(=O)OC(C)(C)C. The van der Waals surface area contributed by atoms with Crippen LogP contribution in [0.15, 0.2) is 4.99 Å². The molecule has 0 aromatic rings. The van der Waals surface area contributed by atoms with Gasteiger partial charge in [0, 0.05) is 0 Å². The Morgan fingerprint density at radius 3 is 2.25 bits per heavy atom. The molecule has 0 saturated carbocycles. The molecule has 0 saturated heterocycles. The Morgan fingerprint density at radius 2 is 1.92 bits per heavy atom. The highest BCUT2D eigenvalue weighted by Gasteiger charge is 2.15. The molecule has 0 aliphatic heterocycles. The molecular weight excluding hydrogens is 160 g/mol. The highest BCUT2D eigenvalue weighted by molar-refractivity contribution is 5.85. The molecule has 70 valence electrons. The lowest BCUT2D eigenvalue weighted by molar-refractivity contribution is 0.0600. The molecule has 12 heavy (non-hydrogen) atoms. The number of methoxy groups -OCH3 is 1. The summed E-state index contributed by atoms with van der Waals surface area (Å²) < 4.78 is 9.29. The van der Waals surface area contributed by atoms with Crippen LogP contribution in [-0.4, -0.2) is 24.8 Å². The number of hydrogen-bond donors (Lipinski definition) is 1. The molecule has 0 aromatic heterocycles. The van der Waals surface area contributed by atoms with Gasteiger partial charge in [-0.25, -0.2) is 4.79 Å². The molecule has 0 aromatic carbocycles. The number of rotatable bonds is 0. The maximum Gasteiger partial charge on any atom is 0.438 e. The molecule has 5 heteroatoms. The number of hydrogen-bond acceptors (Lipinski definition) is 3. The van der Waals surface area contributed by atoms with Crippen LogP contribution < -0.4 is 5.73 Å². The second-order valence-corrected chi connectivity index (χ2v) is 3.13. The normalized spacial score (nSPS) is 12.5. The van der Waals surface area contributed by atoms with Gasteiger partial charge in [-0.2, -0.15) is 0 Å². The molecule has 0 aliphatic rings. The number of carbonyl (C=O) groups excluding carboxylic acids is 1. The van der Waals surface area contributed by atoms with Gasteiger partial charge < -0.3 is 15.2 Å². The summed E-state index contributed by atoms with van der Waals surface area (Å²) in [6, 6.07) is -0.204. The van der Waals surface area contributed by atoms with Crippen molar-refractivity contribution in [3.63, 3.8) is 0 Å². The molecule has 0 bridgehead atoms. The number of carbonyl (C=O) groups is 1. The Labute approximate surface area is 71.6 Å².